The van der Waals surface area contributed by atoms with Crippen molar-refractivity contribution in [2.45, 2.75) is 24.1 Å². The van der Waals surface area contributed by atoms with E-state index in [1.165, 1.54) is 17.9 Å². The summed E-state index contributed by atoms with van der Waals surface area (Å²) < 4.78 is 31.7. The lowest BCUT2D eigenvalue weighted by Gasteiger charge is -2.11. The van der Waals surface area contributed by atoms with Crippen molar-refractivity contribution in [3.05, 3.63) is 63.3 Å². The first-order valence-electron chi connectivity index (χ1n) is 7.73. The van der Waals surface area contributed by atoms with Gasteiger partial charge >= 0.3 is 0 Å². The lowest BCUT2D eigenvalue weighted by Crippen LogP contribution is -2.22. The normalized spacial score (nSPS) is 11.1. The van der Waals surface area contributed by atoms with Gasteiger partial charge in [-0.05, 0) is 42.8 Å². The predicted octanol–water partition coefficient (Wildman–Crippen LogP) is 4.65. The molecule has 0 spiro atoms. The standard InChI is InChI=1S/C18H16F2N2O2S2/c1-11-3-6-15(25-11)13-5-8-17(23)22(21-13)10-12-4-7-16(26-18(19)20)14(9-12)24-2/h3-9,18H,10H2,1-2H3. The number of thioether (sulfide) groups is 1. The highest BCUT2D eigenvalue weighted by molar-refractivity contribution is 7.99. The molecule has 0 bridgehead atoms. The molecule has 4 nitrogen and oxygen atoms in total. The van der Waals surface area contributed by atoms with E-state index in [-0.39, 0.29) is 12.1 Å². The third-order valence-electron chi connectivity index (χ3n) is 3.64. The second-order valence-corrected chi connectivity index (χ2v) is 7.81. The van der Waals surface area contributed by atoms with Crippen LogP contribution >= 0.6 is 23.1 Å². The molecule has 1 aromatic carbocycles. The second kappa shape index (κ2) is 8.01. The third kappa shape index (κ3) is 4.31. The van der Waals surface area contributed by atoms with Crippen molar-refractivity contribution >= 4 is 23.1 Å². The van der Waals surface area contributed by atoms with Crippen LogP contribution in [0, 0.1) is 6.92 Å². The number of alkyl halides is 2. The van der Waals surface area contributed by atoms with Crippen molar-refractivity contribution in [3.8, 4) is 16.3 Å². The molecule has 0 aliphatic carbocycles. The number of halogens is 2. The van der Waals surface area contributed by atoms with Crippen LogP contribution in [0.4, 0.5) is 8.78 Å². The minimum atomic E-state index is -2.52. The summed E-state index contributed by atoms with van der Waals surface area (Å²) in [5, 5.41) is 4.43. The van der Waals surface area contributed by atoms with Crippen molar-refractivity contribution < 1.29 is 13.5 Å². The maximum absolute atomic E-state index is 12.6. The van der Waals surface area contributed by atoms with Gasteiger partial charge in [-0.25, -0.2) is 4.68 Å². The number of aromatic nitrogens is 2. The van der Waals surface area contributed by atoms with Crippen LogP contribution in [0.1, 0.15) is 10.4 Å². The number of ether oxygens (including phenoxy) is 1. The van der Waals surface area contributed by atoms with Gasteiger partial charge in [-0.2, -0.15) is 13.9 Å². The van der Waals surface area contributed by atoms with Gasteiger partial charge in [0.25, 0.3) is 11.3 Å². The van der Waals surface area contributed by atoms with Gasteiger partial charge in [0, 0.05) is 10.9 Å². The van der Waals surface area contributed by atoms with E-state index in [2.05, 4.69) is 5.10 Å². The molecular formula is C18H16F2N2O2S2. The zero-order chi connectivity index (χ0) is 18.7. The number of hydrogen-bond acceptors (Lipinski definition) is 5. The molecule has 8 heteroatoms. The number of aryl methyl sites for hydroxylation is 1. The Bertz CT molecular complexity index is 970. The van der Waals surface area contributed by atoms with E-state index in [0.717, 1.165) is 21.0 Å². The van der Waals surface area contributed by atoms with Crippen LogP contribution in [-0.4, -0.2) is 22.6 Å². The predicted molar refractivity (Wildman–Crippen MR) is 101 cm³/mol. The highest BCUT2D eigenvalue weighted by Crippen LogP contribution is 2.34. The van der Waals surface area contributed by atoms with Crippen molar-refractivity contribution in [1.29, 1.82) is 0 Å². The van der Waals surface area contributed by atoms with Gasteiger partial charge in [0.15, 0.2) is 0 Å². The van der Waals surface area contributed by atoms with Crippen LogP contribution in [0.2, 0.25) is 0 Å². The highest BCUT2D eigenvalue weighted by Gasteiger charge is 2.12. The quantitative estimate of drug-likeness (QED) is 0.571. The summed E-state index contributed by atoms with van der Waals surface area (Å²) in [5.74, 6) is -2.17. The zero-order valence-electron chi connectivity index (χ0n) is 14.1. The minimum absolute atomic E-state index is 0.229. The topological polar surface area (TPSA) is 44.1 Å². The summed E-state index contributed by atoms with van der Waals surface area (Å²) in [7, 11) is 1.43. The van der Waals surface area contributed by atoms with Gasteiger partial charge < -0.3 is 4.74 Å². The highest BCUT2D eigenvalue weighted by atomic mass is 32.2. The number of hydrogen-bond donors (Lipinski definition) is 0. The smallest absolute Gasteiger partial charge is 0.289 e. The lowest BCUT2D eigenvalue weighted by atomic mass is 10.2. The molecule has 0 aliphatic heterocycles. The zero-order valence-corrected chi connectivity index (χ0v) is 15.7. The van der Waals surface area contributed by atoms with Crippen LogP contribution in [0.3, 0.4) is 0 Å². The van der Waals surface area contributed by atoms with Crippen LogP contribution in [0.15, 0.2) is 52.2 Å². The summed E-state index contributed by atoms with van der Waals surface area (Å²) in [6.45, 7) is 2.24. The van der Waals surface area contributed by atoms with Gasteiger partial charge in [-0.15, -0.1) is 11.3 Å². The van der Waals surface area contributed by atoms with Crippen molar-refractivity contribution in [3.63, 3.8) is 0 Å². The van der Waals surface area contributed by atoms with Crippen molar-refractivity contribution in [2.24, 2.45) is 0 Å². The van der Waals surface area contributed by atoms with Crippen LogP contribution in [0.25, 0.3) is 10.6 Å². The minimum Gasteiger partial charge on any atom is -0.496 e. The molecular weight excluding hydrogens is 378 g/mol. The molecule has 0 amide bonds. The maximum atomic E-state index is 12.6. The molecule has 3 rings (SSSR count). The van der Waals surface area contributed by atoms with E-state index in [4.69, 9.17) is 4.74 Å². The Hall–Kier alpha value is -2.19. The lowest BCUT2D eigenvalue weighted by molar-refractivity contribution is 0.251. The molecule has 0 unspecified atom stereocenters. The molecule has 0 saturated carbocycles. The molecule has 0 atom stereocenters. The van der Waals surface area contributed by atoms with Gasteiger partial charge in [-0.1, -0.05) is 17.8 Å². The molecule has 2 aromatic heterocycles. The van der Waals surface area contributed by atoms with Crippen LogP contribution in [-0.2, 0) is 6.54 Å². The fraction of sp³-hybridized carbons (Fsp3) is 0.222. The van der Waals surface area contributed by atoms with Crippen LogP contribution < -0.4 is 10.3 Å². The maximum Gasteiger partial charge on any atom is 0.289 e. The average Bonchev–Trinajstić information content (AvgIpc) is 3.04. The number of benzene rings is 1. The average molecular weight is 394 g/mol. The van der Waals surface area contributed by atoms with Crippen LogP contribution in [0.5, 0.6) is 5.75 Å². The molecule has 0 fully saturated rings. The van der Waals surface area contributed by atoms with E-state index >= 15 is 0 Å². The third-order valence-corrected chi connectivity index (χ3v) is 5.43. The molecule has 136 valence electrons. The summed E-state index contributed by atoms with van der Waals surface area (Å²) in [6.07, 6.45) is 0. The van der Waals surface area contributed by atoms with E-state index in [9.17, 15) is 13.6 Å². The van der Waals surface area contributed by atoms with E-state index < -0.39 is 5.76 Å². The Kier molecular flexibility index (Phi) is 5.73. The molecule has 0 saturated heterocycles. The number of nitrogens with zero attached hydrogens (tertiary/aromatic N) is 2. The van der Waals surface area contributed by atoms with Crippen molar-refractivity contribution in [1.82, 2.24) is 9.78 Å². The summed E-state index contributed by atoms with van der Waals surface area (Å²) in [6, 6.07) is 12.1. The van der Waals surface area contributed by atoms with E-state index in [1.54, 1.807) is 35.6 Å². The monoisotopic (exact) mass is 394 g/mol. The molecule has 0 N–H and O–H groups in total. The summed E-state index contributed by atoms with van der Waals surface area (Å²) in [5.41, 5.74) is 1.24. The number of rotatable bonds is 6. The fourth-order valence-corrected chi connectivity index (χ4v) is 3.87. The van der Waals surface area contributed by atoms with Gasteiger partial charge in [0.1, 0.15) is 11.4 Å². The summed E-state index contributed by atoms with van der Waals surface area (Å²) >= 11 is 2.03. The molecule has 26 heavy (non-hydrogen) atoms. The largest absolute Gasteiger partial charge is 0.496 e. The summed E-state index contributed by atoms with van der Waals surface area (Å²) in [4.78, 5) is 14.7. The Morgan fingerprint density at radius 3 is 2.69 bits per heavy atom. The molecule has 2 heterocycles. The first-order valence-corrected chi connectivity index (χ1v) is 9.42. The van der Waals surface area contributed by atoms with Gasteiger partial charge in [0.05, 0.1) is 23.4 Å². The van der Waals surface area contributed by atoms with Gasteiger partial charge in [0.2, 0.25) is 0 Å². The SMILES string of the molecule is COc1cc(Cn2nc(-c3ccc(C)s3)ccc2=O)ccc1SC(F)F. The second-order valence-electron chi connectivity index (χ2n) is 5.49. The van der Waals surface area contributed by atoms with Gasteiger partial charge in [-0.3, -0.25) is 4.79 Å². The molecule has 0 radical (unpaired) electrons. The Balaban J connectivity index is 1.90. The molecule has 0 aliphatic rings. The molecule has 3 aromatic rings. The first-order chi connectivity index (χ1) is 12.5. The number of methoxy groups -OCH3 is 1. The Morgan fingerprint density at radius 2 is 2.04 bits per heavy atom. The van der Waals surface area contributed by atoms with Crippen molar-refractivity contribution in [2.75, 3.05) is 7.11 Å². The number of thiophene rings is 1. The van der Waals surface area contributed by atoms with E-state index in [1.807, 2.05) is 19.1 Å². The first kappa shape index (κ1) is 18.6. The fourth-order valence-electron chi connectivity index (χ4n) is 2.44. The Labute approximate surface area is 157 Å². The Morgan fingerprint density at radius 1 is 1.23 bits per heavy atom. The van der Waals surface area contributed by atoms with E-state index in [0.29, 0.717) is 22.4 Å².